The van der Waals surface area contributed by atoms with Crippen LogP contribution in [-0.4, -0.2) is 105 Å². The second-order valence-corrected chi connectivity index (χ2v) is 18.6. The summed E-state index contributed by atoms with van der Waals surface area (Å²) >= 11 is 0. The maximum atomic E-state index is 14.5. The van der Waals surface area contributed by atoms with Crippen LogP contribution in [0.25, 0.3) is 0 Å². The fourth-order valence-electron chi connectivity index (χ4n) is 9.75. The van der Waals surface area contributed by atoms with Crippen molar-refractivity contribution in [1.82, 2.24) is 4.90 Å². The monoisotopic (exact) mass is 906 g/mol. The van der Waals surface area contributed by atoms with E-state index in [4.69, 9.17) is 43.2 Å². The van der Waals surface area contributed by atoms with Crippen LogP contribution in [0.3, 0.4) is 0 Å². The quantitative estimate of drug-likeness (QED) is 0.0616. The van der Waals surface area contributed by atoms with Crippen LogP contribution in [0, 0.1) is 23.2 Å². The van der Waals surface area contributed by atoms with Crippen LogP contribution in [0.2, 0.25) is 0 Å². The van der Waals surface area contributed by atoms with Gasteiger partial charge in [0.05, 0.1) is 51.4 Å². The summed E-state index contributed by atoms with van der Waals surface area (Å²) in [7, 11) is 3.06. The summed E-state index contributed by atoms with van der Waals surface area (Å²) in [5, 5.41) is 27.7. The zero-order chi connectivity index (χ0) is 46.6. The topological polar surface area (TPSA) is 176 Å². The van der Waals surface area contributed by atoms with Crippen LogP contribution >= 0.6 is 0 Å². The smallest absolute Gasteiger partial charge is 0.417 e. The number of hydrogen-bond donors (Lipinski definition) is 3. The highest BCUT2D eigenvalue weighted by molar-refractivity contribution is 6.03. The van der Waals surface area contributed by atoms with E-state index in [1.165, 1.54) is 7.11 Å². The number of allylic oxidation sites excluding steroid dienone is 1. The number of anilines is 1. The first-order valence-corrected chi connectivity index (χ1v) is 23.4. The van der Waals surface area contributed by atoms with Gasteiger partial charge in [-0.1, -0.05) is 57.8 Å². The van der Waals surface area contributed by atoms with Crippen molar-refractivity contribution in [2.24, 2.45) is 28.3 Å². The second-order valence-electron chi connectivity index (χ2n) is 18.6. The molecular weight excluding hydrogens is 835 g/mol. The van der Waals surface area contributed by atoms with Gasteiger partial charge in [0.1, 0.15) is 29.0 Å². The molecule has 2 aromatic carbocycles. The number of rotatable bonds is 21. The van der Waals surface area contributed by atoms with Crippen LogP contribution in [-0.2, 0) is 19.0 Å². The molecule has 0 bridgehead atoms. The number of nitrogens with zero attached hydrogens (tertiary/aromatic N) is 2. The Balaban J connectivity index is 1.53. The van der Waals surface area contributed by atoms with E-state index in [1.54, 1.807) is 48.4 Å². The van der Waals surface area contributed by atoms with E-state index in [9.17, 15) is 19.8 Å². The lowest BCUT2D eigenvalue weighted by Crippen LogP contribution is -2.70. The Kier molecular flexibility index (Phi) is 17.6. The third-order valence-electron chi connectivity index (χ3n) is 12.6. The number of oxime groups is 1. The Bertz CT molecular complexity index is 1980. The van der Waals surface area contributed by atoms with Gasteiger partial charge in [-0.3, -0.25) is 10.2 Å². The van der Waals surface area contributed by atoms with Crippen molar-refractivity contribution in [3.8, 4) is 23.0 Å². The number of amides is 2. The first-order chi connectivity index (χ1) is 31.4. The average Bonchev–Trinajstić information content (AvgIpc) is 3.30. The number of benzene rings is 2. The fraction of sp³-hybridized carbons (Fsp3) is 0.620. The van der Waals surface area contributed by atoms with E-state index in [1.807, 2.05) is 33.8 Å². The zero-order valence-electron chi connectivity index (χ0n) is 39.2. The molecule has 2 aliphatic heterocycles. The number of aliphatic hydroxyl groups is 2. The molecule has 2 aromatic rings. The number of carbonyl (C=O) groups excluding carboxylic acids is 2. The Labute approximate surface area is 384 Å². The normalized spacial score (nSPS) is 25.2. The molecule has 6 rings (SSSR count). The Morgan fingerprint density at radius 2 is 1.78 bits per heavy atom. The van der Waals surface area contributed by atoms with Crippen LogP contribution in [0.15, 0.2) is 65.9 Å². The highest BCUT2D eigenvalue weighted by Crippen LogP contribution is 2.62. The predicted octanol–water partition coefficient (Wildman–Crippen LogP) is 9.37. The maximum absolute atomic E-state index is 14.5. The molecule has 7 unspecified atom stereocenters. The summed E-state index contributed by atoms with van der Waals surface area (Å²) in [5.74, 6) is -0.601. The number of carbonyl (C=O) groups is 2. The molecule has 15 heteroatoms. The summed E-state index contributed by atoms with van der Waals surface area (Å²) < 4.78 is 43.3. The van der Waals surface area contributed by atoms with Gasteiger partial charge in [-0.05, 0) is 98.1 Å². The summed E-state index contributed by atoms with van der Waals surface area (Å²) in [4.78, 5) is 36.1. The van der Waals surface area contributed by atoms with E-state index in [-0.39, 0.29) is 61.8 Å². The van der Waals surface area contributed by atoms with Gasteiger partial charge in [-0.15, -0.1) is 6.58 Å². The van der Waals surface area contributed by atoms with E-state index >= 15 is 0 Å². The first-order valence-electron chi connectivity index (χ1n) is 23.4. The van der Waals surface area contributed by atoms with Crippen molar-refractivity contribution < 1.29 is 57.8 Å². The van der Waals surface area contributed by atoms with Crippen LogP contribution in [0.5, 0.6) is 23.0 Å². The third kappa shape index (κ3) is 12.0. The number of unbranched alkanes of at least 4 members (excludes halogenated alkanes) is 2. The molecular formula is C50H71N3O12. The highest BCUT2D eigenvalue weighted by atomic mass is 16.8. The minimum Gasteiger partial charge on any atom is -0.497 e. The van der Waals surface area contributed by atoms with Gasteiger partial charge >= 0.3 is 12.2 Å². The molecule has 4 aliphatic rings. The van der Waals surface area contributed by atoms with Crippen molar-refractivity contribution in [1.29, 1.82) is 0 Å². The van der Waals surface area contributed by atoms with Crippen LogP contribution in [0.4, 0.5) is 15.3 Å². The Morgan fingerprint density at radius 1 is 1.02 bits per heavy atom. The van der Waals surface area contributed by atoms with E-state index in [0.717, 1.165) is 49.7 Å². The molecule has 1 saturated heterocycles. The molecule has 2 aliphatic carbocycles. The minimum atomic E-state index is -1.47. The van der Waals surface area contributed by atoms with Gasteiger partial charge in [0.15, 0.2) is 0 Å². The van der Waals surface area contributed by atoms with Crippen molar-refractivity contribution >= 4 is 23.6 Å². The summed E-state index contributed by atoms with van der Waals surface area (Å²) in [6.07, 6.45) is 10.0. The second kappa shape index (κ2) is 23.1. The van der Waals surface area contributed by atoms with E-state index in [0.29, 0.717) is 67.5 Å². The lowest BCUT2D eigenvalue weighted by atomic mass is 9.55. The fourth-order valence-corrected chi connectivity index (χ4v) is 9.75. The molecule has 2 fully saturated rings. The average molecular weight is 906 g/mol. The molecule has 0 spiro atoms. The molecule has 1 saturated carbocycles. The molecule has 65 heavy (non-hydrogen) atoms. The number of fused-ring (bicyclic) bond motifs is 2. The lowest BCUT2D eigenvalue weighted by Gasteiger charge is -2.60. The van der Waals surface area contributed by atoms with Gasteiger partial charge in [0.25, 0.3) is 0 Å². The molecule has 7 atom stereocenters. The van der Waals surface area contributed by atoms with Crippen LogP contribution in [0.1, 0.15) is 110 Å². The van der Waals surface area contributed by atoms with Gasteiger partial charge in [0.2, 0.25) is 12.1 Å². The van der Waals surface area contributed by atoms with Crippen molar-refractivity contribution in [3.05, 3.63) is 66.3 Å². The standard InChI is InChI=1S/C50H71N3O12/c1-8-23-53(48(57)61-32-49(3,4)5)43-31-40(52-65-44-18-12-15-27-60-44)37-28-33(16-10-13-24-54)36(17-11-14-25-55)45-38-29-35(20-22-41(38)64-50(43,46(37)45)62-26-9-2)63-47(56)51-39-21-19-34(58-6)30-42(39)59-7/h9,19-22,28-30,33,36,43-46,54-55H,2,8,10-18,23-27,31-32H2,1,3-7H3,(H,51,56). The van der Waals surface area contributed by atoms with Crippen molar-refractivity contribution in [2.45, 2.75) is 122 Å². The number of ether oxygens (including phenoxy) is 7. The minimum absolute atomic E-state index is 0.00568. The SMILES string of the molecule is C=CCOC12Oc3ccc(OC(=O)Nc4ccc(OC)cc4OC)cc3C3C(CCCCO)C(CCCCO)C=C(C(=NOC4CCCCO4)CC1N(CCC)C(=O)OCC(C)(C)C)C32. The molecule has 0 aromatic heterocycles. The number of nitrogens with one attached hydrogen (secondary N) is 1. The third-order valence-corrected chi connectivity index (χ3v) is 12.6. The zero-order valence-corrected chi connectivity index (χ0v) is 39.2. The van der Waals surface area contributed by atoms with Gasteiger partial charge in [-0.2, -0.15) is 0 Å². The summed E-state index contributed by atoms with van der Waals surface area (Å²) in [6, 6.07) is 9.67. The molecule has 358 valence electrons. The van der Waals surface area contributed by atoms with Crippen molar-refractivity contribution in [3.63, 3.8) is 0 Å². The van der Waals surface area contributed by atoms with E-state index in [2.05, 4.69) is 18.0 Å². The highest BCUT2D eigenvalue weighted by Gasteiger charge is 2.65. The van der Waals surface area contributed by atoms with Crippen LogP contribution < -0.4 is 24.3 Å². The lowest BCUT2D eigenvalue weighted by molar-refractivity contribution is -0.255. The Hall–Kier alpha value is -4.83. The summed E-state index contributed by atoms with van der Waals surface area (Å²) in [5.41, 5.74) is 2.47. The number of hydrogen-bond acceptors (Lipinski definition) is 13. The summed E-state index contributed by atoms with van der Waals surface area (Å²) in [6.45, 7) is 13.5. The van der Waals surface area contributed by atoms with E-state index < -0.39 is 36.2 Å². The van der Waals surface area contributed by atoms with Gasteiger partial charge in [-0.25, -0.2) is 9.59 Å². The van der Waals surface area contributed by atoms with Crippen molar-refractivity contribution in [2.75, 3.05) is 59.1 Å². The molecule has 15 nitrogen and oxygen atoms in total. The molecule has 3 N–H and O–H groups in total. The number of aliphatic hydroxyl groups excluding tert-OH is 2. The van der Waals surface area contributed by atoms with Gasteiger partial charge in [0, 0.05) is 50.1 Å². The molecule has 2 amide bonds. The van der Waals surface area contributed by atoms with Gasteiger partial charge < -0.3 is 48.2 Å². The number of methoxy groups -OCH3 is 2. The predicted molar refractivity (Wildman–Crippen MR) is 247 cm³/mol. The first kappa shape index (κ1) is 49.6. The Morgan fingerprint density at radius 3 is 2.46 bits per heavy atom. The maximum Gasteiger partial charge on any atom is 0.417 e. The molecule has 0 radical (unpaired) electrons. The molecule has 2 heterocycles. The largest absolute Gasteiger partial charge is 0.497 e.